The van der Waals surface area contributed by atoms with Crippen molar-refractivity contribution in [3.8, 4) is 0 Å². The lowest BCUT2D eigenvalue weighted by molar-refractivity contribution is -0.144. The first-order chi connectivity index (χ1) is 9.88. The molecular weight excluding hydrogens is 301 g/mol. The highest BCUT2D eigenvalue weighted by Crippen LogP contribution is 2.42. The van der Waals surface area contributed by atoms with Crippen LogP contribution in [-0.4, -0.2) is 34.1 Å². The molecule has 1 saturated carbocycles. The summed E-state index contributed by atoms with van der Waals surface area (Å²) < 4.78 is 38.6. The number of hydrogen-bond donors (Lipinski definition) is 2. The molecule has 0 radical (unpaired) electrons. The minimum atomic E-state index is -4.55. The molecule has 0 saturated heterocycles. The van der Waals surface area contributed by atoms with Crippen LogP contribution in [0.25, 0.3) is 0 Å². The maximum Gasteiger partial charge on any atom is 0.451 e. The molecule has 1 aliphatic rings. The summed E-state index contributed by atoms with van der Waals surface area (Å²) in [6.45, 7) is 2.93. The summed E-state index contributed by atoms with van der Waals surface area (Å²) in [6, 6.07) is 1.52. The van der Waals surface area contributed by atoms with Crippen LogP contribution < -0.4 is 10.6 Å². The summed E-state index contributed by atoms with van der Waals surface area (Å²) in [5.74, 6) is -0.710. The molecule has 1 aliphatic carbocycles. The molecule has 0 aliphatic heterocycles. The highest BCUT2D eigenvalue weighted by molar-refractivity contribution is 8.00. The van der Waals surface area contributed by atoms with Crippen molar-refractivity contribution >= 4 is 23.4 Å². The normalized spacial score (nSPS) is 17.2. The van der Waals surface area contributed by atoms with Gasteiger partial charge in [-0.25, -0.2) is 9.97 Å². The molecule has 4 nitrogen and oxygen atoms in total. The van der Waals surface area contributed by atoms with Gasteiger partial charge in [0.2, 0.25) is 5.82 Å². The maximum atomic E-state index is 12.8. The number of thioether (sulfide) groups is 1. The zero-order valence-electron chi connectivity index (χ0n) is 12.0. The molecule has 1 heterocycles. The van der Waals surface area contributed by atoms with Gasteiger partial charge in [-0.15, -0.1) is 0 Å². The van der Waals surface area contributed by atoms with E-state index in [9.17, 15) is 13.2 Å². The summed E-state index contributed by atoms with van der Waals surface area (Å²) in [4.78, 5) is 7.09. The van der Waals surface area contributed by atoms with Gasteiger partial charge in [-0.3, -0.25) is 0 Å². The third kappa shape index (κ3) is 3.93. The van der Waals surface area contributed by atoms with Crippen LogP contribution in [0.5, 0.6) is 0 Å². The van der Waals surface area contributed by atoms with Gasteiger partial charge in [0.25, 0.3) is 0 Å². The van der Waals surface area contributed by atoms with Gasteiger partial charge in [-0.05, 0) is 26.0 Å². The topological polar surface area (TPSA) is 49.8 Å². The summed E-state index contributed by atoms with van der Waals surface area (Å²) in [7, 11) is 0. The first kappa shape index (κ1) is 16.2. The van der Waals surface area contributed by atoms with E-state index >= 15 is 0 Å². The standard InChI is InChI=1S/C13H19F3N4S/c1-3-17-9-7-10(20-11(19-9)13(14,15)16)18-8-12(21-2)5-4-6-12/h7H,3-6,8H2,1-2H3,(H2,17,18,19,20). The molecule has 1 fully saturated rings. The highest BCUT2D eigenvalue weighted by atomic mass is 32.2. The zero-order chi connectivity index (χ0) is 15.5. The van der Waals surface area contributed by atoms with Crippen LogP contribution >= 0.6 is 11.8 Å². The second-order valence-electron chi connectivity index (χ2n) is 5.08. The van der Waals surface area contributed by atoms with E-state index in [1.54, 1.807) is 18.7 Å². The lowest BCUT2D eigenvalue weighted by Crippen LogP contribution is -2.40. The summed E-state index contributed by atoms with van der Waals surface area (Å²) in [5.41, 5.74) is 0. The van der Waals surface area contributed by atoms with Crippen LogP contribution in [0.15, 0.2) is 6.07 Å². The number of hydrogen-bond acceptors (Lipinski definition) is 5. The van der Waals surface area contributed by atoms with Crippen molar-refractivity contribution in [1.82, 2.24) is 9.97 Å². The molecule has 2 N–H and O–H groups in total. The average Bonchev–Trinajstić information content (AvgIpc) is 2.37. The van der Waals surface area contributed by atoms with E-state index in [1.165, 1.54) is 12.5 Å². The monoisotopic (exact) mass is 320 g/mol. The Morgan fingerprint density at radius 3 is 2.29 bits per heavy atom. The van der Waals surface area contributed by atoms with Crippen LogP contribution in [0.4, 0.5) is 24.8 Å². The quantitative estimate of drug-likeness (QED) is 0.838. The second kappa shape index (κ2) is 6.29. The van der Waals surface area contributed by atoms with Gasteiger partial charge >= 0.3 is 6.18 Å². The smallest absolute Gasteiger partial charge is 0.370 e. The molecule has 0 atom stereocenters. The van der Waals surface area contributed by atoms with Crippen molar-refractivity contribution in [3.05, 3.63) is 11.9 Å². The molecule has 2 rings (SSSR count). The molecule has 0 spiro atoms. The van der Waals surface area contributed by atoms with Gasteiger partial charge in [-0.1, -0.05) is 6.42 Å². The molecular formula is C13H19F3N4S. The fourth-order valence-corrected chi connectivity index (χ4v) is 3.13. The average molecular weight is 320 g/mol. The number of halogens is 3. The Labute approximate surface area is 126 Å². The van der Waals surface area contributed by atoms with Crippen molar-refractivity contribution in [3.63, 3.8) is 0 Å². The van der Waals surface area contributed by atoms with Crippen molar-refractivity contribution in [2.24, 2.45) is 0 Å². The summed E-state index contributed by atoms with van der Waals surface area (Å²) in [6.07, 6.45) is 0.821. The van der Waals surface area contributed by atoms with Gasteiger partial charge in [0, 0.05) is 23.9 Å². The molecule has 21 heavy (non-hydrogen) atoms. The van der Waals surface area contributed by atoms with Crippen molar-refractivity contribution in [2.75, 3.05) is 30.0 Å². The lowest BCUT2D eigenvalue weighted by atomic mass is 9.84. The Morgan fingerprint density at radius 1 is 1.24 bits per heavy atom. The van der Waals surface area contributed by atoms with Crippen molar-refractivity contribution < 1.29 is 13.2 Å². The van der Waals surface area contributed by atoms with E-state index in [-0.39, 0.29) is 16.4 Å². The predicted octanol–water partition coefficient (Wildman–Crippen LogP) is 3.62. The van der Waals surface area contributed by atoms with Gasteiger partial charge < -0.3 is 10.6 Å². The van der Waals surface area contributed by atoms with E-state index in [0.29, 0.717) is 13.1 Å². The molecule has 0 bridgehead atoms. The number of anilines is 2. The molecule has 0 aromatic carbocycles. The number of nitrogens with one attached hydrogen (secondary N) is 2. The van der Waals surface area contributed by atoms with Gasteiger partial charge in [0.1, 0.15) is 11.6 Å². The Hall–Kier alpha value is -1.18. The molecule has 1 aromatic rings. The van der Waals surface area contributed by atoms with Gasteiger partial charge in [0.05, 0.1) is 0 Å². The van der Waals surface area contributed by atoms with Crippen LogP contribution in [0.2, 0.25) is 0 Å². The fraction of sp³-hybridized carbons (Fsp3) is 0.692. The summed E-state index contributed by atoms with van der Waals surface area (Å²) in [5, 5.41) is 5.84. The van der Waals surface area contributed by atoms with E-state index in [1.807, 2.05) is 6.26 Å². The molecule has 0 amide bonds. The second-order valence-corrected chi connectivity index (χ2v) is 6.36. The zero-order valence-corrected chi connectivity index (χ0v) is 12.9. The molecule has 8 heteroatoms. The van der Waals surface area contributed by atoms with Crippen molar-refractivity contribution in [1.29, 1.82) is 0 Å². The van der Waals surface area contributed by atoms with Crippen molar-refractivity contribution in [2.45, 2.75) is 37.1 Å². The molecule has 0 unspecified atom stereocenters. The Morgan fingerprint density at radius 2 is 1.86 bits per heavy atom. The van der Waals surface area contributed by atoms with Crippen LogP contribution in [0.1, 0.15) is 32.0 Å². The SMILES string of the molecule is CCNc1cc(NCC2(SC)CCC2)nc(C(F)(F)F)n1. The molecule has 118 valence electrons. The third-order valence-corrected chi connectivity index (χ3v) is 5.05. The van der Waals surface area contributed by atoms with Crippen LogP contribution in [0, 0.1) is 0 Å². The first-order valence-electron chi connectivity index (χ1n) is 6.88. The van der Waals surface area contributed by atoms with E-state index < -0.39 is 12.0 Å². The summed E-state index contributed by atoms with van der Waals surface area (Å²) >= 11 is 1.76. The maximum absolute atomic E-state index is 12.8. The van der Waals surface area contributed by atoms with E-state index in [2.05, 4.69) is 20.6 Å². The fourth-order valence-electron chi connectivity index (χ4n) is 2.21. The third-order valence-electron chi connectivity index (χ3n) is 3.63. The lowest BCUT2D eigenvalue weighted by Gasteiger charge is -2.40. The Bertz CT molecular complexity index is 483. The first-order valence-corrected chi connectivity index (χ1v) is 8.10. The highest BCUT2D eigenvalue weighted by Gasteiger charge is 2.37. The predicted molar refractivity (Wildman–Crippen MR) is 79.8 cm³/mol. The Balaban J connectivity index is 2.15. The van der Waals surface area contributed by atoms with E-state index in [4.69, 9.17) is 0 Å². The number of aromatic nitrogens is 2. The van der Waals surface area contributed by atoms with Crippen LogP contribution in [-0.2, 0) is 6.18 Å². The largest absolute Gasteiger partial charge is 0.451 e. The van der Waals surface area contributed by atoms with Gasteiger partial charge in [-0.2, -0.15) is 24.9 Å². The number of rotatable bonds is 6. The number of alkyl halides is 3. The van der Waals surface area contributed by atoms with E-state index in [0.717, 1.165) is 12.8 Å². The number of nitrogens with zero attached hydrogens (tertiary/aromatic N) is 2. The van der Waals surface area contributed by atoms with Gasteiger partial charge in [0.15, 0.2) is 0 Å². The van der Waals surface area contributed by atoms with Crippen LogP contribution in [0.3, 0.4) is 0 Å². The Kier molecular flexibility index (Phi) is 4.85. The minimum Gasteiger partial charge on any atom is -0.370 e. The minimum absolute atomic E-state index is 0.127. The molecule has 1 aromatic heterocycles.